The van der Waals surface area contributed by atoms with Crippen LogP contribution in [-0.2, 0) is 26.0 Å². The van der Waals surface area contributed by atoms with Gasteiger partial charge in [0.1, 0.15) is 6.54 Å². The number of carbonyl (C=O) groups excluding carboxylic acids is 2. The minimum atomic E-state index is -3.66. The topological polar surface area (TPSA) is 86.8 Å². The molecule has 0 aromatic heterocycles. The highest BCUT2D eigenvalue weighted by atomic mass is 32.2. The van der Waals surface area contributed by atoms with Crippen molar-refractivity contribution in [3.63, 3.8) is 0 Å². The van der Waals surface area contributed by atoms with Crippen molar-refractivity contribution >= 4 is 45.0 Å². The predicted molar refractivity (Wildman–Crippen MR) is 131 cm³/mol. The average molecular weight is 488 g/mol. The molecule has 1 fully saturated rings. The van der Waals surface area contributed by atoms with E-state index >= 15 is 0 Å². The van der Waals surface area contributed by atoms with E-state index in [1.807, 2.05) is 24.3 Å². The highest BCUT2D eigenvalue weighted by Crippen LogP contribution is 2.37. The molecule has 1 saturated heterocycles. The number of sulfonamides is 1. The van der Waals surface area contributed by atoms with Crippen molar-refractivity contribution in [2.45, 2.75) is 48.8 Å². The number of amides is 2. The van der Waals surface area contributed by atoms with Gasteiger partial charge in [-0.2, -0.15) is 4.31 Å². The molecule has 0 unspecified atom stereocenters. The van der Waals surface area contributed by atoms with Crippen LogP contribution in [0.15, 0.2) is 52.3 Å². The van der Waals surface area contributed by atoms with Crippen LogP contribution in [0.3, 0.4) is 0 Å². The predicted octanol–water partition coefficient (Wildman–Crippen LogP) is 3.89. The molecule has 2 heterocycles. The number of nitrogens with zero attached hydrogens (tertiary/aromatic N) is 2. The monoisotopic (exact) mass is 487 g/mol. The van der Waals surface area contributed by atoms with Gasteiger partial charge in [0.05, 0.1) is 16.3 Å². The number of anilines is 2. The number of aryl methyl sites for hydroxylation is 1. The molecule has 2 aliphatic rings. The molecule has 7 nitrogen and oxygen atoms in total. The second-order valence-electron chi connectivity index (χ2n) is 8.32. The molecule has 0 saturated carbocycles. The molecule has 1 N–H and O–H groups in total. The van der Waals surface area contributed by atoms with Crippen LogP contribution in [0, 0.1) is 0 Å². The summed E-state index contributed by atoms with van der Waals surface area (Å²) >= 11 is 1.36. The fraction of sp³-hybridized carbons (Fsp3) is 0.417. The van der Waals surface area contributed by atoms with Crippen LogP contribution in [0.5, 0.6) is 0 Å². The van der Waals surface area contributed by atoms with Gasteiger partial charge in [-0.15, -0.1) is 11.8 Å². The number of hydrogen-bond donors (Lipinski definition) is 1. The molecule has 9 heteroatoms. The Kier molecular flexibility index (Phi) is 7.41. The highest BCUT2D eigenvalue weighted by Gasteiger charge is 2.31. The summed E-state index contributed by atoms with van der Waals surface area (Å²) in [6.45, 7) is 2.91. The van der Waals surface area contributed by atoms with Crippen LogP contribution in [0.25, 0.3) is 0 Å². The van der Waals surface area contributed by atoms with Gasteiger partial charge in [0, 0.05) is 23.7 Å². The Morgan fingerprint density at radius 3 is 2.39 bits per heavy atom. The molecule has 0 bridgehead atoms. The van der Waals surface area contributed by atoms with Gasteiger partial charge < -0.3 is 10.2 Å². The second kappa shape index (κ2) is 10.3. The van der Waals surface area contributed by atoms with Gasteiger partial charge in [-0.05, 0) is 55.2 Å². The molecule has 4 rings (SSSR count). The summed E-state index contributed by atoms with van der Waals surface area (Å²) < 4.78 is 28.1. The third-order valence-electron chi connectivity index (χ3n) is 6.02. The normalized spacial score (nSPS) is 17.4. The maximum Gasteiger partial charge on any atom is 0.244 e. The smallest absolute Gasteiger partial charge is 0.244 e. The molecule has 176 valence electrons. The van der Waals surface area contributed by atoms with E-state index in [0.29, 0.717) is 24.5 Å². The zero-order valence-electron chi connectivity index (χ0n) is 18.7. The Balaban J connectivity index is 1.56. The highest BCUT2D eigenvalue weighted by molar-refractivity contribution is 8.00. The molecular formula is C24H29N3O4S2. The number of fused-ring (bicyclic) bond motifs is 1. The summed E-state index contributed by atoms with van der Waals surface area (Å²) in [4.78, 5) is 27.8. The molecular weight excluding hydrogens is 458 g/mol. The van der Waals surface area contributed by atoms with Crippen LogP contribution >= 0.6 is 11.8 Å². The lowest BCUT2D eigenvalue weighted by atomic mass is 10.1. The van der Waals surface area contributed by atoms with Crippen molar-refractivity contribution in [3.05, 3.63) is 48.0 Å². The van der Waals surface area contributed by atoms with Gasteiger partial charge in [0.2, 0.25) is 21.8 Å². The van der Waals surface area contributed by atoms with E-state index in [0.717, 1.165) is 37.0 Å². The van der Waals surface area contributed by atoms with Crippen molar-refractivity contribution in [1.82, 2.24) is 4.31 Å². The van der Waals surface area contributed by atoms with Crippen LogP contribution in [-0.4, -0.2) is 49.9 Å². The zero-order valence-corrected chi connectivity index (χ0v) is 20.4. The molecule has 0 spiro atoms. The molecule has 2 aromatic rings. The fourth-order valence-electron chi connectivity index (χ4n) is 4.11. The third-order valence-corrected chi connectivity index (χ3v) is 8.97. The first kappa shape index (κ1) is 23.8. The first-order valence-electron chi connectivity index (χ1n) is 11.3. The first-order chi connectivity index (χ1) is 15.9. The summed E-state index contributed by atoms with van der Waals surface area (Å²) in [5.41, 5.74) is 2.31. The number of hydrogen-bond acceptors (Lipinski definition) is 5. The number of rotatable bonds is 6. The van der Waals surface area contributed by atoms with Gasteiger partial charge in [0.25, 0.3) is 0 Å². The van der Waals surface area contributed by atoms with E-state index in [2.05, 4.69) is 12.2 Å². The number of thioether (sulfide) groups is 1. The fourth-order valence-corrected chi connectivity index (χ4v) is 6.57. The first-order valence-corrected chi connectivity index (χ1v) is 13.8. The van der Waals surface area contributed by atoms with Gasteiger partial charge in [0.15, 0.2) is 0 Å². The Morgan fingerprint density at radius 1 is 1.03 bits per heavy atom. The van der Waals surface area contributed by atoms with E-state index in [9.17, 15) is 18.0 Å². The standard InChI is InChI=1S/C24H29N3O4S2/c1-2-18-7-9-19(10-8-18)25-23(28)16-27-21-15-20(11-12-22(21)32-17-24(27)29)33(30,31)26-13-5-3-4-6-14-26/h7-12,15H,2-6,13-14,16-17H2,1H3,(H,25,28). The Labute approximate surface area is 199 Å². The largest absolute Gasteiger partial charge is 0.325 e. The lowest BCUT2D eigenvalue weighted by molar-refractivity contribution is -0.120. The quantitative estimate of drug-likeness (QED) is 0.668. The average Bonchev–Trinajstić information content (AvgIpc) is 3.11. The maximum absolute atomic E-state index is 13.3. The number of nitrogens with one attached hydrogen (secondary N) is 1. The van der Waals surface area contributed by atoms with E-state index < -0.39 is 10.0 Å². The molecule has 0 atom stereocenters. The third kappa shape index (κ3) is 5.42. The molecule has 2 aromatic carbocycles. The molecule has 2 amide bonds. The Hall–Kier alpha value is -2.36. The van der Waals surface area contributed by atoms with Crippen LogP contribution in [0.2, 0.25) is 0 Å². The molecule has 0 aliphatic carbocycles. The van der Waals surface area contributed by atoms with Crippen molar-refractivity contribution in [1.29, 1.82) is 0 Å². The van der Waals surface area contributed by atoms with Gasteiger partial charge in [-0.1, -0.05) is 31.9 Å². The SMILES string of the molecule is CCc1ccc(NC(=O)CN2C(=O)CSc3ccc(S(=O)(=O)N4CCCCCC4)cc32)cc1. The summed E-state index contributed by atoms with van der Waals surface area (Å²) in [5.74, 6) is -0.330. The minimum absolute atomic E-state index is 0.166. The second-order valence-corrected chi connectivity index (χ2v) is 11.3. The summed E-state index contributed by atoms with van der Waals surface area (Å²) in [7, 11) is -3.66. The summed E-state index contributed by atoms with van der Waals surface area (Å²) in [5, 5.41) is 2.83. The van der Waals surface area contributed by atoms with Crippen molar-refractivity contribution in [2.24, 2.45) is 0 Å². The number of carbonyl (C=O) groups is 2. The van der Waals surface area contributed by atoms with Crippen LogP contribution < -0.4 is 10.2 Å². The lowest BCUT2D eigenvalue weighted by Gasteiger charge is -2.29. The summed E-state index contributed by atoms with van der Waals surface area (Å²) in [6, 6.07) is 12.5. The zero-order chi connectivity index (χ0) is 23.4. The van der Waals surface area contributed by atoms with E-state index in [-0.39, 0.29) is 29.0 Å². The van der Waals surface area contributed by atoms with E-state index in [1.165, 1.54) is 26.5 Å². The van der Waals surface area contributed by atoms with Crippen molar-refractivity contribution in [3.8, 4) is 0 Å². The lowest BCUT2D eigenvalue weighted by Crippen LogP contribution is -2.41. The molecule has 33 heavy (non-hydrogen) atoms. The minimum Gasteiger partial charge on any atom is -0.325 e. The van der Waals surface area contributed by atoms with Gasteiger partial charge >= 0.3 is 0 Å². The Bertz CT molecular complexity index is 1120. The van der Waals surface area contributed by atoms with Gasteiger partial charge in [-0.25, -0.2) is 8.42 Å². The van der Waals surface area contributed by atoms with Crippen molar-refractivity contribution in [2.75, 3.05) is 35.6 Å². The van der Waals surface area contributed by atoms with Crippen molar-refractivity contribution < 1.29 is 18.0 Å². The molecule has 0 radical (unpaired) electrons. The van der Waals surface area contributed by atoms with E-state index in [4.69, 9.17) is 0 Å². The van der Waals surface area contributed by atoms with Crippen LogP contribution in [0.4, 0.5) is 11.4 Å². The van der Waals surface area contributed by atoms with Gasteiger partial charge in [-0.3, -0.25) is 9.59 Å². The molecule has 2 aliphatic heterocycles. The van der Waals surface area contributed by atoms with E-state index in [1.54, 1.807) is 18.2 Å². The van der Waals surface area contributed by atoms with Crippen LogP contribution in [0.1, 0.15) is 38.2 Å². The maximum atomic E-state index is 13.3. The number of benzene rings is 2. The Morgan fingerprint density at radius 2 is 1.73 bits per heavy atom. The summed E-state index contributed by atoms with van der Waals surface area (Å²) in [6.07, 6.45) is 4.68.